The number of thioether (sulfide) groups is 1. The summed E-state index contributed by atoms with van der Waals surface area (Å²) in [5.41, 5.74) is 1.27. The Labute approximate surface area is 109 Å². The van der Waals surface area contributed by atoms with Crippen LogP contribution in [0.1, 0.15) is 18.4 Å². The maximum absolute atomic E-state index is 5.06. The lowest BCUT2D eigenvalue weighted by atomic mass is 10.2. The van der Waals surface area contributed by atoms with Crippen molar-refractivity contribution in [2.24, 2.45) is 0 Å². The van der Waals surface area contributed by atoms with Gasteiger partial charge in [0.1, 0.15) is 0 Å². The molecule has 2 heteroatoms. The van der Waals surface area contributed by atoms with E-state index in [0.29, 0.717) is 0 Å². The zero-order chi connectivity index (χ0) is 12.2. The first-order valence-electron chi connectivity index (χ1n) is 5.95. The molecule has 0 atom stereocenters. The highest BCUT2D eigenvalue weighted by Crippen LogP contribution is 2.07. The second-order valence-electron chi connectivity index (χ2n) is 3.63. The summed E-state index contributed by atoms with van der Waals surface area (Å²) in [5.74, 6) is 2.27. The van der Waals surface area contributed by atoms with E-state index in [1.54, 1.807) is 0 Å². The molecule has 0 saturated carbocycles. The van der Waals surface area contributed by atoms with Crippen molar-refractivity contribution in [3.8, 4) is 0 Å². The van der Waals surface area contributed by atoms with Gasteiger partial charge in [-0.05, 0) is 24.2 Å². The third-order valence-corrected chi connectivity index (χ3v) is 3.25. The van der Waals surface area contributed by atoms with Gasteiger partial charge < -0.3 is 4.74 Å². The number of unbranched alkanes of at least 4 members (excludes halogenated alkanes) is 1. The van der Waals surface area contributed by atoms with E-state index in [1.165, 1.54) is 24.0 Å². The van der Waals surface area contributed by atoms with Gasteiger partial charge in [-0.25, -0.2) is 0 Å². The van der Waals surface area contributed by atoms with Crippen LogP contribution in [0.2, 0.25) is 0 Å². The van der Waals surface area contributed by atoms with E-state index in [9.17, 15) is 0 Å². The fourth-order valence-electron chi connectivity index (χ4n) is 1.37. The van der Waals surface area contributed by atoms with Crippen LogP contribution in [0.4, 0.5) is 0 Å². The third kappa shape index (κ3) is 7.70. The maximum Gasteiger partial charge on any atom is 0.0873 e. The summed E-state index contributed by atoms with van der Waals surface area (Å²) in [7, 11) is 0. The van der Waals surface area contributed by atoms with Crippen LogP contribution in [0.5, 0.6) is 0 Å². The van der Waals surface area contributed by atoms with Gasteiger partial charge in [0.2, 0.25) is 0 Å². The first-order chi connectivity index (χ1) is 8.43. The lowest BCUT2D eigenvalue weighted by Gasteiger charge is -1.99. The van der Waals surface area contributed by atoms with Gasteiger partial charge in [-0.2, -0.15) is 11.8 Å². The largest absolute Gasteiger partial charge is 0.502 e. The molecule has 0 radical (unpaired) electrons. The van der Waals surface area contributed by atoms with Crippen molar-refractivity contribution in [1.29, 1.82) is 0 Å². The standard InChI is InChI=1S/C15H20OS/c1-2-16-12-6-7-13-17-14-8-11-15-9-4-3-5-10-15/h2-5,8-11H,1,6-7,12-14H2. The predicted octanol–water partition coefficient (Wildman–Crippen LogP) is 4.37. The smallest absolute Gasteiger partial charge is 0.0873 e. The lowest BCUT2D eigenvalue weighted by Crippen LogP contribution is -1.89. The topological polar surface area (TPSA) is 9.23 Å². The van der Waals surface area contributed by atoms with Crippen LogP contribution in [0.15, 0.2) is 49.2 Å². The highest BCUT2D eigenvalue weighted by Gasteiger charge is 1.89. The molecule has 0 aromatic heterocycles. The molecule has 0 bridgehead atoms. The van der Waals surface area contributed by atoms with E-state index >= 15 is 0 Å². The summed E-state index contributed by atoms with van der Waals surface area (Å²) in [6, 6.07) is 10.4. The Morgan fingerprint density at radius 3 is 2.76 bits per heavy atom. The van der Waals surface area contributed by atoms with Crippen molar-refractivity contribution < 1.29 is 4.74 Å². The Morgan fingerprint density at radius 2 is 2.00 bits per heavy atom. The molecule has 1 nitrogen and oxygen atoms in total. The van der Waals surface area contributed by atoms with Crippen molar-refractivity contribution in [2.75, 3.05) is 18.1 Å². The molecule has 0 saturated heterocycles. The molecule has 0 spiro atoms. The number of hydrogen-bond donors (Lipinski definition) is 0. The van der Waals surface area contributed by atoms with Crippen LogP contribution < -0.4 is 0 Å². The minimum atomic E-state index is 0.796. The summed E-state index contributed by atoms with van der Waals surface area (Å²) in [6.45, 7) is 4.31. The molecule has 0 heterocycles. The third-order valence-electron chi connectivity index (χ3n) is 2.24. The molecular weight excluding hydrogens is 228 g/mol. The molecule has 0 aliphatic carbocycles. The monoisotopic (exact) mass is 248 g/mol. The SMILES string of the molecule is C=COCCCCSCC=Cc1ccccc1. The summed E-state index contributed by atoms with van der Waals surface area (Å²) in [4.78, 5) is 0. The van der Waals surface area contributed by atoms with Gasteiger partial charge in [-0.3, -0.25) is 0 Å². The number of hydrogen-bond acceptors (Lipinski definition) is 2. The van der Waals surface area contributed by atoms with Gasteiger partial charge in [-0.1, -0.05) is 49.1 Å². The van der Waals surface area contributed by atoms with Crippen LogP contribution >= 0.6 is 11.8 Å². The van der Waals surface area contributed by atoms with Crippen molar-refractivity contribution in [2.45, 2.75) is 12.8 Å². The van der Waals surface area contributed by atoms with Gasteiger partial charge in [0.05, 0.1) is 12.9 Å². The normalized spacial score (nSPS) is 10.6. The van der Waals surface area contributed by atoms with Crippen molar-refractivity contribution in [1.82, 2.24) is 0 Å². The summed E-state index contributed by atoms with van der Waals surface area (Å²) < 4.78 is 5.06. The molecule has 0 amide bonds. The molecule has 17 heavy (non-hydrogen) atoms. The molecule has 0 aliphatic rings. The fourth-order valence-corrected chi connectivity index (χ4v) is 2.18. The van der Waals surface area contributed by atoms with E-state index in [2.05, 4.69) is 43.0 Å². The molecule has 0 N–H and O–H groups in total. The summed E-state index contributed by atoms with van der Waals surface area (Å²) >= 11 is 1.96. The lowest BCUT2D eigenvalue weighted by molar-refractivity contribution is 0.245. The van der Waals surface area contributed by atoms with Gasteiger partial charge in [0.25, 0.3) is 0 Å². The van der Waals surface area contributed by atoms with E-state index in [4.69, 9.17) is 4.74 Å². The van der Waals surface area contributed by atoms with E-state index in [1.807, 2.05) is 17.8 Å². The first-order valence-corrected chi connectivity index (χ1v) is 7.11. The van der Waals surface area contributed by atoms with Crippen molar-refractivity contribution in [3.05, 3.63) is 54.8 Å². The first kappa shape index (κ1) is 13.9. The molecular formula is C15H20OS. The minimum absolute atomic E-state index is 0.796. The average molecular weight is 248 g/mol. The van der Waals surface area contributed by atoms with Gasteiger partial charge in [-0.15, -0.1) is 0 Å². The second kappa shape index (κ2) is 10.0. The molecule has 92 valence electrons. The highest BCUT2D eigenvalue weighted by atomic mass is 32.2. The van der Waals surface area contributed by atoms with Crippen LogP contribution in [0.25, 0.3) is 6.08 Å². The molecule has 0 aliphatic heterocycles. The predicted molar refractivity (Wildman–Crippen MR) is 78.2 cm³/mol. The van der Waals surface area contributed by atoms with Crippen LogP contribution in [0.3, 0.4) is 0 Å². The fraction of sp³-hybridized carbons (Fsp3) is 0.333. The van der Waals surface area contributed by atoms with Crippen molar-refractivity contribution in [3.63, 3.8) is 0 Å². The maximum atomic E-state index is 5.06. The van der Waals surface area contributed by atoms with E-state index < -0.39 is 0 Å². The Morgan fingerprint density at radius 1 is 1.18 bits per heavy atom. The molecule has 0 unspecified atom stereocenters. The van der Waals surface area contributed by atoms with Crippen LogP contribution in [-0.2, 0) is 4.74 Å². The Bertz CT molecular complexity index is 319. The second-order valence-corrected chi connectivity index (χ2v) is 4.78. The molecule has 1 aromatic carbocycles. The summed E-state index contributed by atoms with van der Waals surface area (Å²) in [6.07, 6.45) is 8.23. The molecule has 0 fully saturated rings. The Hall–Kier alpha value is -1.15. The number of rotatable bonds is 9. The van der Waals surface area contributed by atoms with E-state index in [0.717, 1.165) is 18.8 Å². The van der Waals surface area contributed by atoms with Crippen molar-refractivity contribution >= 4 is 17.8 Å². The average Bonchev–Trinajstić information content (AvgIpc) is 2.38. The highest BCUT2D eigenvalue weighted by molar-refractivity contribution is 7.99. The summed E-state index contributed by atoms with van der Waals surface area (Å²) in [5, 5.41) is 0. The number of benzene rings is 1. The molecule has 1 aromatic rings. The van der Waals surface area contributed by atoms with Gasteiger partial charge in [0, 0.05) is 5.75 Å². The Kier molecular flexibility index (Phi) is 8.21. The Balaban J connectivity index is 1.97. The molecule has 1 rings (SSSR count). The quantitative estimate of drug-likeness (QED) is 0.474. The van der Waals surface area contributed by atoms with E-state index in [-0.39, 0.29) is 0 Å². The zero-order valence-corrected chi connectivity index (χ0v) is 11.0. The van der Waals surface area contributed by atoms with Crippen LogP contribution in [0, 0.1) is 0 Å². The number of ether oxygens (including phenoxy) is 1. The van der Waals surface area contributed by atoms with Gasteiger partial charge in [0.15, 0.2) is 0 Å². The van der Waals surface area contributed by atoms with Crippen LogP contribution in [-0.4, -0.2) is 18.1 Å². The zero-order valence-electron chi connectivity index (χ0n) is 10.2. The minimum Gasteiger partial charge on any atom is -0.502 e. The van der Waals surface area contributed by atoms with Gasteiger partial charge >= 0.3 is 0 Å².